The van der Waals surface area contributed by atoms with Crippen LogP contribution >= 0.6 is 0 Å². The first-order chi connectivity index (χ1) is 11.1. The fraction of sp³-hybridized carbons (Fsp3) is 0.278. The summed E-state index contributed by atoms with van der Waals surface area (Å²) in [5.74, 6) is 0.376. The van der Waals surface area contributed by atoms with Gasteiger partial charge in [-0.15, -0.1) is 0 Å². The van der Waals surface area contributed by atoms with Gasteiger partial charge in [-0.05, 0) is 30.2 Å². The van der Waals surface area contributed by atoms with Crippen molar-refractivity contribution in [2.75, 3.05) is 13.7 Å². The second-order valence-corrected chi connectivity index (χ2v) is 5.02. The number of carbonyl (C=O) groups is 1. The molecule has 0 heterocycles. The molecule has 4 nitrogen and oxygen atoms in total. The highest BCUT2D eigenvalue weighted by molar-refractivity contribution is 5.77. The minimum atomic E-state index is -0.399. The van der Waals surface area contributed by atoms with E-state index in [2.05, 4.69) is 12.2 Å². The van der Waals surface area contributed by atoms with Gasteiger partial charge in [0.2, 0.25) is 0 Å². The van der Waals surface area contributed by atoms with Gasteiger partial charge in [0.1, 0.15) is 17.3 Å². The first-order valence-electron chi connectivity index (χ1n) is 7.43. The lowest BCUT2D eigenvalue weighted by molar-refractivity contribution is -0.123. The molecule has 0 unspecified atom stereocenters. The standard InChI is InChI=1S/C18H20FNO3/c1-3-13-7-8-17(22-2)14(9-13)11-20-18(21)12-23-16-6-4-5-15(19)10-16/h4-10H,3,11-12H2,1-2H3,(H,20,21). The van der Waals surface area contributed by atoms with Gasteiger partial charge in [0.25, 0.3) is 5.91 Å². The van der Waals surface area contributed by atoms with Crippen LogP contribution in [0.5, 0.6) is 11.5 Å². The van der Waals surface area contributed by atoms with Gasteiger partial charge in [-0.25, -0.2) is 4.39 Å². The molecule has 122 valence electrons. The summed E-state index contributed by atoms with van der Waals surface area (Å²) in [5, 5.41) is 2.77. The summed E-state index contributed by atoms with van der Waals surface area (Å²) in [6, 6.07) is 11.6. The highest BCUT2D eigenvalue weighted by Crippen LogP contribution is 2.20. The predicted octanol–water partition coefficient (Wildman–Crippen LogP) is 3.09. The van der Waals surface area contributed by atoms with Crippen LogP contribution in [-0.4, -0.2) is 19.6 Å². The molecule has 5 heteroatoms. The van der Waals surface area contributed by atoms with Gasteiger partial charge in [0.15, 0.2) is 6.61 Å². The number of nitrogens with one attached hydrogen (secondary N) is 1. The first-order valence-corrected chi connectivity index (χ1v) is 7.43. The van der Waals surface area contributed by atoms with Crippen LogP contribution in [0, 0.1) is 5.82 Å². The Morgan fingerprint density at radius 1 is 1.22 bits per heavy atom. The maximum atomic E-state index is 13.0. The van der Waals surface area contributed by atoms with Crippen LogP contribution in [0.15, 0.2) is 42.5 Å². The first kappa shape index (κ1) is 16.8. The molecule has 0 aromatic heterocycles. The summed E-state index contributed by atoms with van der Waals surface area (Å²) < 4.78 is 23.6. The van der Waals surface area contributed by atoms with Gasteiger partial charge in [0.05, 0.1) is 7.11 Å². The van der Waals surface area contributed by atoms with Crippen LogP contribution < -0.4 is 14.8 Å². The van der Waals surface area contributed by atoms with E-state index in [9.17, 15) is 9.18 Å². The van der Waals surface area contributed by atoms with E-state index in [1.54, 1.807) is 13.2 Å². The van der Waals surface area contributed by atoms with E-state index in [4.69, 9.17) is 9.47 Å². The molecular weight excluding hydrogens is 297 g/mol. The molecule has 0 aliphatic carbocycles. The predicted molar refractivity (Wildman–Crippen MR) is 86.1 cm³/mol. The average molecular weight is 317 g/mol. The zero-order valence-electron chi connectivity index (χ0n) is 13.3. The van der Waals surface area contributed by atoms with E-state index in [-0.39, 0.29) is 12.5 Å². The van der Waals surface area contributed by atoms with Crippen molar-refractivity contribution in [3.8, 4) is 11.5 Å². The Balaban J connectivity index is 1.89. The molecule has 0 bridgehead atoms. The lowest BCUT2D eigenvalue weighted by Crippen LogP contribution is -2.28. The monoisotopic (exact) mass is 317 g/mol. The third kappa shape index (κ3) is 4.98. The summed E-state index contributed by atoms with van der Waals surface area (Å²) >= 11 is 0. The average Bonchev–Trinajstić information content (AvgIpc) is 2.57. The number of rotatable bonds is 7. The summed E-state index contributed by atoms with van der Waals surface area (Å²) in [6.45, 7) is 2.25. The fourth-order valence-corrected chi connectivity index (χ4v) is 2.14. The maximum Gasteiger partial charge on any atom is 0.258 e. The molecule has 0 saturated heterocycles. The lowest BCUT2D eigenvalue weighted by Gasteiger charge is -2.12. The topological polar surface area (TPSA) is 47.6 Å². The number of aryl methyl sites for hydroxylation is 1. The van der Waals surface area contributed by atoms with Crippen LogP contribution in [-0.2, 0) is 17.8 Å². The van der Waals surface area contributed by atoms with Gasteiger partial charge in [-0.3, -0.25) is 4.79 Å². The molecule has 0 saturated carbocycles. The van der Waals surface area contributed by atoms with Gasteiger partial charge >= 0.3 is 0 Å². The quantitative estimate of drug-likeness (QED) is 0.853. The molecule has 2 rings (SSSR count). The zero-order valence-corrected chi connectivity index (χ0v) is 13.3. The highest BCUT2D eigenvalue weighted by Gasteiger charge is 2.07. The molecule has 2 aromatic rings. The van der Waals surface area contributed by atoms with E-state index < -0.39 is 5.82 Å². The van der Waals surface area contributed by atoms with Crippen molar-refractivity contribution in [3.05, 3.63) is 59.4 Å². The zero-order chi connectivity index (χ0) is 16.7. The minimum Gasteiger partial charge on any atom is -0.496 e. The number of hydrogen-bond donors (Lipinski definition) is 1. The molecule has 2 aromatic carbocycles. The summed E-state index contributed by atoms with van der Waals surface area (Å²) in [5.41, 5.74) is 2.08. The van der Waals surface area contributed by atoms with Crippen molar-refractivity contribution in [2.45, 2.75) is 19.9 Å². The smallest absolute Gasteiger partial charge is 0.258 e. The van der Waals surface area contributed by atoms with E-state index in [0.29, 0.717) is 12.3 Å². The molecule has 0 atom stereocenters. The van der Waals surface area contributed by atoms with Crippen molar-refractivity contribution < 1.29 is 18.7 Å². The highest BCUT2D eigenvalue weighted by atomic mass is 19.1. The minimum absolute atomic E-state index is 0.167. The van der Waals surface area contributed by atoms with Crippen molar-refractivity contribution in [2.24, 2.45) is 0 Å². The van der Waals surface area contributed by atoms with Gasteiger partial charge in [0, 0.05) is 18.2 Å². The fourth-order valence-electron chi connectivity index (χ4n) is 2.14. The summed E-state index contributed by atoms with van der Waals surface area (Å²) in [4.78, 5) is 11.9. The molecule has 0 radical (unpaired) electrons. The Labute approximate surface area is 135 Å². The van der Waals surface area contributed by atoms with Gasteiger partial charge in [-0.1, -0.05) is 25.1 Å². The van der Waals surface area contributed by atoms with E-state index in [1.807, 2.05) is 18.2 Å². The number of amides is 1. The molecular formula is C18H20FNO3. The Bertz CT molecular complexity index is 673. The molecule has 0 spiro atoms. The Morgan fingerprint density at radius 3 is 2.74 bits per heavy atom. The molecule has 1 N–H and O–H groups in total. The van der Waals surface area contributed by atoms with Gasteiger partial charge < -0.3 is 14.8 Å². The Hall–Kier alpha value is -2.56. The number of benzene rings is 2. The van der Waals surface area contributed by atoms with E-state index in [0.717, 1.165) is 17.7 Å². The molecule has 0 aliphatic rings. The van der Waals surface area contributed by atoms with Crippen LogP contribution in [0.4, 0.5) is 4.39 Å². The SMILES string of the molecule is CCc1ccc(OC)c(CNC(=O)COc2cccc(F)c2)c1. The maximum absolute atomic E-state index is 13.0. The van der Waals surface area contributed by atoms with E-state index >= 15 is 0 Å². The number of ether oxygens (including phenoxy) is 2. The van der Waals surface area contributed by atoms with Crippen molar-refractivity contribution in [1.29, 1.82) is 0 Å². The van der Waals surface area contributed by atoms with Crippen molar-refractivity contribution in [1.82, 2.24) is 5.32 Å². The van der Waals surface area contributed by atoms with Crippen LogP contribution in [0.25, 0.3) is 0 Å². The van der Waals surface area contributed by atoms with Crippen LogP contribution in [0.1, 0.15) is 18.1 Å². The largest absolute Gasteiger partial charge is 0.496 e. The Kier molecular flexibility index (Phi) is 5.97. The number of halogens is 1. The number of carbonyl (C=O) groups excluding carboxylic acids is 1. The van der Waals surface area contributed by atoms with E-state index in [1.165, 1.54) is 23.8 Å². The normalized spacial score (nSPS) is 10.2. The second kappa shape index (κ2) is 8.17. The number of methoxy groups -OCH3 is 1. The second-order valence-electron chi connectivity index (χ2n) is 5.02. The molecule has 0 fully saturated rings. The van der Waals surface area contributed by atoms with Gasteiger partial charge in [-0.2, -0.15) is 0 Å². The van der Waals surface area contributed by atoms with Crippen molar-refractivity contribution >= 4 is 5.91 Å². The van der Waals surface area contributed by atoms with Crippen molar-refractivity contribution in [3.63, 3.8) is 0 Å². The summed E-state index contributed by atoms with van der Waals surface area (Å²) in [7, 11) is 1.60. The molecule has 0 aliphatic heterocycles. The number of hydrogen-bond acceptors (Lipinski definition) is 3. The van der Waals surface area contributed by atoms with Crippen LogP contribution in [0.3, 0.4) is 0 Å². The lowest BCUT2D eigenvalue weighted by atomic mass is 10.1. The molecule has 23 heavy (non-hydrogen) atoms. The Morgan fingerprint density at radius 2 is 2.04 bits per heavy atom. The summed E-state index contributed by atoms with van der Waals surface area (Å²) in [6.07, 6.45) is 0.910. The third-order valence-electron chi connectivity index (χ3n) is 3.40. The third-order valence-corrected chi connectivity index (χ3v) is 3.40. The molecule has 1 amide bonds. The van der Waals surface area contributed by atoms with Crippen LogP contribution in [0.2, 0.25) is 0 Å².